The largest absolute Gasteiger partial charge is 0.294 e. The Hall–Kier alpha value is -3.44. The van der Waals surface area contributed by atoms with Gasteiger partial charge in [0.05, 0.1) is 11.6 Å². The SMILES string of the molecule is Cc1ccc(CC(=O)c2ccc(C)c(C#CC3=CN=C4C=CC=CC34)c2)cc1. The van der Waals surface area contributed by atoms with Crippen molar-refractivity contribution in [3.8, 4) is 11.8 Å². The van der Waals surface area contributed by atoms with Crippen LogP contribution in [0.25, 0.3) is 0 Å². The second-order valence-corrected chi connectivity index (χ2v) is 7.23. The standard InChI is InChI=1S/C26H21NO/c1-18-7-10-20(11-8-18)15-26(28)22-12-9-19(2)21(16-22)13-14-23-17-27-25-6-4-3-5-24(23)25/h3-12,16-17,24H,15H2,1-2H3. The number of aliphatic imine (C=N–C) groups is 1. The van der Waals surface area contributed by atoms with Gasteiger partial charge in [-0.05, 0) is 37.1 Å². The summed E-state index contributed by atoms with van der Waals surface area (Å²) in [6, 6.07) is 13.9. The second kappa shape index (κ2) is 7.66. The zero-order valence-electron chi connectivity index (χ0n) is 16.1. The van der Waals surface area contributed by atoms with E-state index < -0.39 is 0 Å². The van der Waals surface area contributed by atoms with Crippen molar-refractivity contribution < 1.29 is 4.79 Å². The van der Waals surface area contributed by atoms with Gasteiger partial charge < -0.3 is 0 Å². The molecule has 28 heavy (non-hydrogen) atoms. The number of hydrogen-bond acceptors (Lipinski definition) is 2. The first-order valence-electron chi connectivity index (χ1n) is 9.44. The molecule has 1 aliphatic carbocycles. The zero-order valence-corrected chi connectivity index (χ0v) is 16.1. The molecule has 0 saturated carbocycles. The van der Waals surface area contributed by atoms with E-state index >= 15 is 0 Å². The molecule has 0 N–H and O–H groups in total. The molecule has 1 heterocycles. The maximum Gasteiger partial charge on any atom is 0.167 e. The Kier molecular flexibility index (Phi) is 4.91. The summed E-state index contributed by atoms with van der Waals surface area (Å²) in [5, 5.41) is 0. The molecule has 0 amide bonds. The summed E-state index contributed by atoms with van der Waals surface area (Å²) in [5.74, 6) is 6.78. The third-order valence-electron chi connectivity index (χ3n) is 5.07. The number of benzene rings is 2. The average Bonchev–Trinajstić information content (AvgIpc) is 3.12. The Labute approximate surface area is 166 Å². The normalized spacial score (nSPS) is 16.7. The number of hydrogen-bond donors (Lipinski definition) is 0. The van der Waals surface area contributed by atoms with Crippen molar-refractivity contribution in [3.63, 3.8) is 0 Å². The Morgan fingerprint density at radius 3 is 2.68 bits per heavy atom. The Morgan fingerprint density at radius 2 is 1.86 bits per heavy atom. The summed E-state index contributed by atoms with van der Waals surface area (Å²) in [7, 11) is 0. The average molecular weight is 363 g/mol. The number of nitrogens with zero attached hydrogens (tertiary/aromatic N) is 1. The summed E-state index contributed by atoms with van der Waals surface area (Å²) in [6.45, 7) is 4.07. The topological polar surface area (TPSA) is 29.4 Å². The quantitative estimate of drug-likeness (QED) is 0.547. The smallest absolute Gasteiger partial charge is 0.167 e. The monoisotopic (exact) mass is 363 g/mol. The maximum atomic E-state index is 12.7. The van der Waals surface area contributed by atoms with Crippen LogP contribution in [0.15, 0.2) is 83.5 Å². The molecule has 2 heteroatoms. The minimum atomic E-state index is 0.109. The third-order valence-corrected chi connectivity index (χ3v) is 5.07. The Morgan fingerprint density at radius 1 is 1.04 bits per heavy atom. The number of allylic oxidation sites excluding steroid dienone is 5. The van der Waals surface area contributed by atoms with Gasteiger partial charge in [-0.2, -0.15) is 0 Å². The lowest BCUT2D eigenvalue weighted by Crippen LogP contribution is -2.09. The number of carbonyl (C=O) groups is 1. The van der Waals surface area contributed by atoms with Gasteiger partial charge in [-0.25, -0.2) is 0 Å². The molecule has 1 aliphatic heterocycles. The molecule has 2 aromatic carbocycles. The van der Waals surface area contributed by atoms with Crippen LogP contribution in [-0.2, 0) is 6.42 Å². The minimum absolute atomic E-state index is 0.109. The first-order chi connectivity index (χ1) is 13.6. The fraction of sp³-hybridized carbons (Fsp3) is 0.154. The molecule has 2 nitrogen and oxygen atoms in total. The van der Waals surface area contributed by atoms with Crippen molar-refractivity contribution in [3.05, 3.63) is 106 Å². The van der Waals surface area contributed by atoms with E-state index in [4.69, 9.17) is 0 Å². The molecule has 0 saturated heterocycles. The zero-order chi connectivity index (χ0) is 19.5. The second-order valence-electron chi connectivity index (χ2n) is 7.23. The van der Waals surface area contributed by atoms with Crippen LogP contribution < -0.4 is 0 Å². The Bertz CT molecular complexity index is 1120. The maximum absolute atomic E-state index is 12.7. The molecule has 0 spiro atoms. The van der Waals surface area contributed by atoms with Crippen LogP contribution in [0.1, 0.15) is 32.6 Å². The van der Waals surface area contributed by atoms with Crippen molar-refractivity contribution >= 4 is 11.5 Å². The predicted molar refractivity (Wildman–Crippen MR) is 115 cm³/mol. The number of aryl methyl sites for hydroxylation is 2. The summed E-state index contributed by atoms with van der Waals surface area (Å²) in [6.07, 6.45) is 10.4. The molecular formula is C26H21NO. The highest BCUT2D eigenvalue weighted by Crippen LogP contribution is 2.24. The lowest BCUT2D eigenvalue weighted by atomic mass is 9.92. The van der Waals surface area contributed by atoms with Crippen LogP contribution in [0.3, 0.4) is 0 Å². The number of ketones is 1. The molecule has 2 aliphatic rings. The number of rotatable bonds is 3. The van der Waals surface area contributed by atoms with E-state index in [0.717, 1.165) is 28.0 Å². The first kappa shape index (κ1) is 17.9. The number of fused-ring (bicyclic) bond motifs is 1. The fourth-order valence-electron chi connectivity index (χ4n) is 3.32. The molecule has 0 radical (unpaired) electrons. The summed E-state index contributed by atoms with van der Waals surface area (Å²) in [5.41, 5.74) is 6.91. The van der Waals surface area contributed by atoms with Gasteiger partial charge in [-0.15, -0.1) is 0 Å². The van der Waals surface area contributed by atoms with E-state index in [0.29, 0.717) is 12.0 Å². The van der Waals surface area contributed by atoms with Gasteiger partial charge >= 0.3 is 0 Å². The molecule has 0 aromatic heterocycles. The lowest BCUT2D eigenvalue weighted by molar-refractivity contribution is 0.0993. The Balaban J connectivity index is 1.53. The lowest BCUT2D eigenvalue weighted by Gasteiger charge is -2.09. The molecule has 1 unspecified atom stereocenters. The summed E-state index contributed by atoms with van der Waals surface area (Å²) in [4.78, 5) is 17.1. The van der Waals surface area contributed by atoms with Gasteiger partial charge in [0.15, 0.2) is 5.78 Å². The van der Waals surface area contributed by atoms with E-state index in [9.17, 15) is 4.79 Å². The van der Waals surface area contributed by atoms with Gasteiger partial charge in [0.1, 0.15) is 0 Å². The van der Waals surface area contributed by atoms with E-state index in [-0.39, 0.29) is 11.7 Å². The van der Waals surface area contributed by atoms with Gasteiger partial charge in [-0.1, -0.05) is 72.0 Å². The highest BCUT2D eigenvalue weighted by Gasteiger charge is 2.20. The molecule has 0 bridgehead atoms. The highest BCUT2D eigenvalue weighted by atomic mass is 16.1. The summed E-state index contributed by atoms with van der Waals surface area (Å²) >= 11 is 0. The summed E-state index contributed by atoms with van der Waals surface area (Å²) < 4.78 is 0. The van der Waals surface area contributed by atoms with Crippen LogP contribution in [0.4, 0.5) is 0 Å². The number of Topliss-reactive ketones (excluding diaryl/α,β-unsaturated/α-hetero) is 1. The van der Waals surface area contributed by atoms with Gasteiger partial charge in [-0.3, -0.25) is 9.79 Å². The molecule has 4 rings (SSSR count). The van der Waals surface area contributed by atoms with Crippen LogP contribution in [0.5, 0.6) is 0 Å². The predicted octanol–water partition coefficient (Wildman–Crippen LogP) is 5.16. The molecule has 0 fully saturated rings. The minimum Gasteiger partial charge on any atom is -0.294 e. The molecule has 136 valence electrons. The van der Waals surface area contributed by atoms with Gasteiger partial charge in [0.25, 0.3) is 0 Å². The van der Waals surface area contributed by atoms with E-state index in [1.54, 1.807) is 0 Å². The van der Waals surface area contributed by atoms with E-state index in [2.05, 4.69) is 22.9 Å². The van der Waals surface area contributed by atoms with Crippen LogP contribution >= 0.6 is 0 Å². The van der Waals surface area contributed by atoms with E-state index in [1.165, 1.54) is 5.56 Å². The highest BCUT2D eigenvalue weighted by molar-refractivity contribution is 6.04. The van der Waals surface area contributed by atoms with Crippen LogP contribution in [-0.4, -0.2) is 11.5 Å². The molecule has 1 atom stereocenters. The fourth-order valence-corrected chi connectivity index (χ4v) is 3.32. The molecular weight excluding hydrogens is 342 g/mol. The third kappa shape index (κ3) is 3.80. The van der Waals surface area contributed by atoms with Crippen molar-refractivity contribution in [2.24, 2.45) is 10.9 Å². The number of carbonyl (C=O) groups excluding carboxylic acids is 1. The molecule has 2 aromatic rings. The van der Waals surface area contributed by atoms with Crippen molar-refractivity contribution in [1.82, 2.24) is 0 Å². The van der Waals surface area contributed by atoms with Crippen LogP contribution in [0.2, 0.25) is 0 Å². The first-order valence-corrected chi connectivity index (χ1v) is 9.44. The van der Waals surface area contributed by atoms with E-state index in [1.807, 2.05) is 80.7 Å². The van der Waals surface area contributed by atoms with Crippen molar-refractivity contribution in [1.29, 1.82) is 0 Å². The van der Waals surface area contributed by atoms with Gasteiger partial charge in [0, 0.05) is 29.3 Å². The van der Waals surface area contributed by atoms with Crippen LogP contribution in [0, 0.1) is 31.6 Å². The van der Waals surface area contributed by atoms with Crippen molar-refractivity contribution in [2.75, 3.05) is 0 Å². The van der Waals surface area contributed by atoms with Crippen molar-refractivity contribution in [2.45, 2.75) is 20.3 Å². The van der Waals surface area contributed by atoms with Gasteiger partial charge in [0.2, 0.25) is 0 Å².